The van der Waals surface area contributed by atoms with Gasteiger partial charge in [-0.1, -0.05) is 18.2 Å². The molecule has 3 heteroatoms. The van der Waals surface area contributed by atoms with Crippen LogP contribution in [0, 0.1) is 0 Å². The van der Waals surface area contributed by atoms with Crippen molar-refractivity contribution < 1.29 is 0 Å². The van der Waals surface area contributed by atoms with Crippen molar-refractivity contribution in [2.24, 2.45) is 0 Å². The zero-order valence-electron chi connectivity index (χ0n) is 9.98. The van der Waals surface area contributed by atoms with Crippen LogP contribution < -0.4 is 10.6 Å². The molecule has 2 rings (SSSR count). The molecule has 0 atom stereocenters. The topological polar surface area (TPSA) is 37.0 Å². The fourth-order valence-corrected chi connectivity index (χ4v) is 1.64. The lowest BCUT2D eigenvalue weighted by molar-refractivity contribution is 0.691. The van der Waals surface area contributed by atoms with E-state index in [1.807, 2.05) is 19.3 Å². The average molecular weight is 227 g/mol. The van der Waals surface area contributed by atoms with Crippen LogP contribution in [0.1, 0.15) is 11.1 Å². The Morgan fingerprint density at radius 3 is 2.41 bits per heavy atom. The lowest BCUT2D eigenvalue weighted by atomic mass is 10.2. The Labute approximate surface area is 102 Å². The van der Waals surface area contributed by atoms with Crippen LogP contribution in [-0.4, -0.2) is 12.0 Å². The smallest absolute Gasteiger partial charge is 0.0337 e. The third kappa shape index (κ3) is 3.57. The predicted molar refractivity (Wildman–Crippen MR) is 70.8 cm³/mol. The number of pyridine rings is 1. The first-order valence-electron chi connectivity index (χ1n) is 5.75. The first kappa shape index (κ1) is 11.6. The van der Waals surface area contributed by atoms with E-state index < -0.39 is 0 Å². The lowest BCUT2D eigenvalue weighted by Gasteiger charge is -2.06. The molecule has 3 nitrogen and oxygen atoms in total. The zero-order valence-corrected chi connectivity index (χ0v) is 9.98. The number of anilines is 1. The van der Waals surface area contributed by atoms with Crippen molar-refractivity contribution >= 4 is 5.69 Å². The van der Waals surface area contributed by atoms with Crippen molar-refractivity contribution in [3.05, 3.63) is 59.9 Å². The highest BCUT2D eigenvalue weighted by Crippen LogP contribution is 2.08. The number of rotatable bonds is 5. The van der Waals surface area contributed by atoms with Crippen molar-refractivity contribution in [3.8, 4) is 0 Å². The molecule has 1 aromatic carbocycles. The molecule has 0 saturated heterocycles. The Kier molecular flexibility index (Phi) is 4.11. The van der Waals surface area contributed by atoms with E-state index in [0.29, 0.717) is 0 Å². The summed E-state index contributed by atoms with van der Waals surface area (Å²) in [6.45, 7) is 1.72. The van der Waals surface area contributed by atoms with Gasteiger partial charge in [0, 0.05) is 38.2 Å². The van der Waals surface area contributed by atoms with Gasteiger partial charge in [0.25, 0.3) is 0 Å². The number of hydrogen-bond donors (Lipinski definition) is 2. The summed E-state index contributed by atoms with van der Waals surface area (Å²) in [7, 11) is 1.93. The van der Waals surface area contributed by atoms with Crippen molar-refractivity contribution in [1.82, 2.24) is 10.3 Å². The molecule has 0 fully saturated rings. The predicted octanol–water partition coefficient (Wildman–Crippen LogP) is 2.41. The van der Waals surface area contributed by atoms with Crippen LogP contribution in [0.4, 0.5) is 5.69 Å². The molecule has 0 unspecified atom stereocenters. The average Bonchev–Trinajstić information content (AvgIpc) is 2.41. The monoisotopic (exact) mass is 227 g/mol. The van der Waals surface area contributed by atoms with Gasteiger partial charge in [-0.2, -0.15) is 0 Å². The highest BCUT2D eigenvalue weighted by Gasteiger charge is 1.94. The summed E-state index contributed by atoms with van der Waals surface area (Å²) in [5.41, 5.74) is 3.63. The lowest BCUT2D eigenvalue weighted by Crippen LogP contribution is -2.12. The normalized spacial score (nSPS) is 10.2. The molecule has 0 amide bonds. The second-order valence-electron chi connectivity index (χ2n) is 3.91. The Bertz CT molecular complexity index is 437. The van der Waals surface area contributed by atoms with Gasteiger partial charge >= 0.3 is 0 Å². The number of nitrogens with zero attached hydrogens (tertiary/aromatic N) is 1. The zero-order chi connectivity index (χ0) is 11.9. The standard InChI is InChI=1S/C14H17N3/c1-15-14-6-4-12(5-7-14)9-17-11-13-3-2-8-16-10-13/h2-8,10,15,17H,9,11H2,1H3. The molecule has 2 N–H and O–H groups in total. The minimum Gasteiger partial charge on any atom is -0.388 e. The van der Waals surface area contributed by atoms with Gasteiger partial charge in [0.05, 0.1) is 0 Å². The van der Waals surface area contributed by atoms with Gasteiger partial charge in [0.1, 0.15) is 0 Å². The van der Waals surface area contributed by atoms with Crippen LogP contribution in [0.15, 0.2) is 48.8 Å². The van der Waals surface area contributed by atoms with Gasteiger partial charge < -0.3 is 10.6 Å². The van der Waals surface area contributed by atoms with Crippen LogP contribution in [0.25, 0.3) is 0 Å². The first-order valence-corrected chi connectivity index (χ1v) is 5.75. The molecule has 0 radical (unpaired) electrons. The number of nitrogens with one attached hydrogen (secondary N) is 2. The largest absolute Gasteiger partial charge is 0.388 e. The molecule has 2 aromatic rings. The maximum Gasteiger partial charge on any atom is 0.0337 e. The van der Waals surface area contributed by atoms with E-state index >= 15 is 0 Å². The maximum absolute atomic E-state index is 4.08. The van der Waals surface area contributed by atoms with Gasteiger partial charge in [-0.15, -0.1) is 0 Å². The summed E-state index contributed by atoms with van der Waals surface area (Å²) < 4.78 is 0. The van der Waals surface area contributed by atoms with Crippen molar-refractivity contribution in [2.45, 2.75) is 13.1 Å². The molecular weight excluding hydrogens is 210 g/mol. The first-order chi connectivity index (χ1) is 8.38. The maximum atomic E-state index is 4.08. The fourth-order valence-electron chi connectivity index (χ4n) is 1.64. The molecule has 0 saturated carbocycles. The summed E-state index contributed by atoms with van der Waals surface area (Å²) in [5, 5.41) is 6.50. The van der Waals surface area contributed by atoms with E-state index in [1.54, 1.807) is 6.20 Å². The molecule has 17 heavy (non-hydrogen) atoms. The van der Waals surface area contributed by atoms with Crippen LogP contribution in [0.3, 0.4) is 0 Å². The Hall–Kier alpha value is -1.87. The van der Waals surface area contributed by atoms with Crippen molar-refractivity contribution in [2.75, 3.05) is 12.4 Å². The summed E-state index contributed by atoms with van der Waals surface area (Å²) in [6.07, 6.45) is 3.68. The van der Waals surface area contributed by atoms with Crippen molar-refractivity contribution in [1.29, 1.82) is 0 Å². The molecule has 0 bridgehead atoms. The van der Waals surface area contributed by atoms with Gasteiger partial charge in [-0.3, -0.25) is 4.98 Å². The Morgan fingerprint density at radius 1 is 1.00 bits per heavy atom. The van der Waals surface area contributed by atoms with Gasteiger partial charge in [0.2, 0.25) is 0 Å². The number of aromatic nitrogens is 1. The van der Waals surface area contributed by atoms with E-state index in [0.717, 1.165) is 18.8 Å². The van der Waals surface area contributed by atoms with Crippen LogP contribution in [0.5, 0.6) is 0 Å². The van der Waals surface area contributed by atoms with Crippen molar-refractivity contribution in [3.63, 3.8) is 0 Å². The molecule has 0 aliphatic carbocycles. The van der Waals surface area contributed by atoms with E-state index in [1.165, 1.54) is 11.1 Å². The van der Waals surface area contributed by atoms with Gasteiger partial charge in [-0.25, -0.2) is 0 Å². The molecule has 0 aliphatic rings. The minimum atomic E-state index is 0.849. The van der Waals surface area contributed by atoms with E-state index in [-0.39, 0.29) is 0 Å². The minimum absolute atomic E-state index is 0.849. The molecule has 1 heterocycles. The second-order valence-corrected chi connectivity index (χ2v) is 3.91. The third-order valence-electron chi connectivity index (χ3n) is 2.62. The summed E-state index contributed by atoms with van der Waals surface area (Å²) in [4.78, 5) is 4.08. The highest BCUT2D eigenvalue weighted by molar-refractivity contribution is 5.43. The molecule has 88 valence electrons. The fraction of sp³-hybridized carbons (Fsp3) is 0.214. The summed E-state index contributed by atoms with van der Waals surface area (Å²) in [5.74, 6) is 0. The third-order valence-corrected chi connectivity index (χ3v) is 2.62. The van der Waals surface area contributed by atoms with Crippen LogP contribution >= 0.6 is 0 Å². The van der Waals surface area contributed by atoms with E-state index in [9.17, 15) is 0 Å². The molecule has 0 spiro atoms. The Balaban J connectivity index is 1.82. The molecular formula is C14H17N3. The number of hydrogen-bond acceptors (Lipinski definition) is 3. The highest BCUT2D eigenvalue weighted by atomic mass is 14.9. The van der Waals surface area contributed by atoms with Crippen LogP contribution in [0.2, 0.25) is 0 Å². The summed E-state index contributed by atoms with van der Waals surface area (Å²) >= 11 is 0. The van der Waals surface area contributed by atoms with E-state index in [2.05, 4.69) is 45.9 Å². The van der Waals surface area contributed by atoms with Gasteiger partial charge in [0.15, 0.2) is 0 Å². The molecule has 1 aromatic heterocycles. The van der Waals surface area contributed by atoms with E-state index in [4.69, 9.17) is 0 Å². The van der Waals surface area contributed by atoms with Gasteiger partial charge in [-0.05, 0) is 29.3 Å². The van der Waals surface area contributed by atoms with Crippen LogP contribution in [-0.2, 0) is 13.1 Å². The Morgan fingerprint density at radius 2 is 1.76 bits per heavy atom. The SMILES string of the molecule is CNc1ccc(CNCc2cccnc2)cc1. The summed E-state index contributed by atoms with van der Waals surface area (Å²) in [6, 6.07) is 12.5. The number of benzene rings is 1. The quantitative estimate of drug-likeness (QED) is 0.823. The molecule has 0 aliphatic heterocycles. The second kappa shape index (κ2) is 6.01.